The minimum absolute atomic E-state index is 0.170. The Labute approximate surface area is 198 Å². The number of anilines is 1. The molecule has 1 aliphatic rings. The Hall–Kier alpha value is -4.02. The van der Waals surface area contributed by atoms with Crippen molar-refractivity contribution in [1.29, 1.82) is 0 Å². The number of hydrogen-bond donors (Lipinski definition) is 2. The summed E-state index contributed by atoms with van der Waals surface area (Å²) in [6, 6.07) is 10.9. The topological polar surface area (TPSA) is 107 Å². The molecule has 2 heterocycles. The van der Waals surface area contributed by atoms with E-state index in [2.05, 4.69) is 10.1 Å². The van der Waals surface area contributed by atoms with Crippen molar-refractivity contribution in [3.63, 3.8) is 0 Å². The van der Waals surface area contributed by atoms with Crippen molar-refractivity contribution in [1.82, 2.24) is 9.47 Å². The number of carbonyl (C=O) groups is 3. The summed E-state index contributed by atoms with van der Waals surface area (Å²) in [5, 5.41) is 3.38. The summed E-state index contributed by atoms with van der Waals surface area (Å²) >= 11 is 0. The van der Waals surface area contributed by atoms with Crippen LogP contribution in [0.5, 0.6) is 5.75 Å². The average Bonchev–Trinajstić information content (AvgIpc) is 3.35. The third-order valence-electron chi connectivity index (χ3n) is 6.17. The first-order valence-corrected chi connectivity index (χ1v) is 10.8. The van der Waals surface area contributed by atoms with Crippen LogP contribution in [0.25, 0.3) is 10.9 Å². The van der Waals surface area contributed by atoms with Gasteiger partial charge in [-0.05, 0) is 43.5 Å². The Balaban J connectivity index is 1.53. The molecule has 1 saturated heterocycles. The van der Waals surface area contributed by atoms with Gasteiger partial charge in [-0.2, -0.15) is 0 Å². The summed E-state index contributed by atoms with van der Waals surface area (Å²) in [7, 11) is 0. The van der Waals surface area contributed by atoms with Gasteiger partial charge in [-0.3, -0.25) is 9.36 Å². The van der Waals surface area contributed by atoms with Gasteiger partial charge in [0, 0.05) is 24.5 Å². The maximum atomic E-state index is 13.3. The summed E-state index contributed by atoms with van der Waals surface area (Å²) in [6.07, 6.45) is -2.61. The zero-order chi connectivity index (χ0) is 25.4. The van der Waals surface area contributed by atoms with Gasteiger partial charge in [0.25, 0.3) is 0 Å². The Morgan fingerprint density at radius 2 is 1.89 bits per heavy atom. The quantitative estimate of drug-likeness (QED) is 0.545. The molecule has 0 radical (unpaired) electrons. The van der Waals surface area contributed by atoms with Crippen molar-refractivity contribution in [2.45, 2.75) is 38.1 Å². The van der Waals surface area contributed by atoms with Crippen LogP contribution in [0.1, 0.15) is 25.3 Å². The average molecular weight is 488 g/mol. The Bertz CT molecular complexity index is 1300. The Morgan fingerprint density at radius 3 is 2.60 bits per heavy atom. The van der Waals surface area contributed by atoms with Gasteiger partial charge in [0.1, 0.15) is 11.3 Å². The number of halogens is 3. The largest absolute Gasteiger partial charge is 0.573 e. The number of nitrogens with two attached hydrogens (primary N) is 1. The number of amides is 3. The van der Waals surface area contributed by atoms with Crippen LogP contribution in [0.15, 0.2) is 54.7 Å². The van der Waals surface area contributed by atoms with E-state index in [-0.39, 0.29) is 12.2 Å². The SMILES string of the molecule is C[C@@]1(C(=O)Cc2cccc(OC(F)(F)F)c2)CCCN1C(=O)Nc1cn(C(N)=O)c2ccccc12. The number of aromatic nitrogens is 1. The zero-order valence-corrected chi connectivity index (χ0v) is 18.8. The molecule has 0 unspecified atom stereocenters. The lowest BCUT2D eigenvalue weighted by atomic mass is 9.89. The summed E-state index contributed by atoms with van der Waals surface area (Å²) in [6.45, 7) is 1.96. The summed E-state index contributed by atoms with van der Waals surface area (Å²) in [5.74, 6) is -0.728. The van der Waals surface area contributed by atoms with Gasteiger partial charge in [-0.15, -0.1) is 13.2 Å². The summed E-state index contributed by atoms with van der Waals surface area (Å²) in [5.41, 5.74) is 5.50. The molecule has 1 aliphatic heterocycles. The predicted octanol–water partition coefficient (Wildman–Crippen LogP) is 4.66. The van der Waals surface area contributed by atoms with Crippen LogP contribution in [0.3, 0.4) is 0 Å². The van der Waals surface area contributed by atoms with Crippen molar-refractivity contribution < 1.29 is 32.3 Å². The third kappa shape index (κ3) is 4.93. The molecule has 1 fully saturated rings. The number of benzene rings is 2. The molecule has 184 valence electrons. The molecule has 0 spiro atoms. The van der Waals surface area contributed by atoms with Crippen LogP contribution < -0.4 is 15.8 Å². The number of Topliss-reactive ketones (excluding diaryl/α,β-unsaturated/α-hetero) is 1. The van der Waals surface area contributed by atoms with Crippen LogP contribution >= 0.6 is 0 Å². The number of nitrogens with one attached hydrogen (secondary N) is 1. The second-order valence-electron chi connectivity index (χ2n) is 8.52. The first kappa shape index (κ1) is 24.1. The molecule has 0 bridgehead atoms. The maximum Gasteiger partial charge on any atom is 0.573 e. The number of primary amides is 1. The number of alkyl halides is 3. The Morgan fingerprint density at radius 1 is 1.14 bits per heavy atom. The monoisotopic (exact) mass is 488 g/mol. The predicted molar refractivity (Wildman–Crippen MR) is 122 cm³/mol. The molecule has 0 aliphatic carbocycles. The van der Waals surface area contributed by atoms with Gasteiger partial charge in [-0.1, -0.05) is 30.3 Å². The molecular weight excluding hydrogens is 465 g/mol. The second-order valence-corrected chi connectivity index (χ2v) is 8.52. The smallest absolute Gasteiger partial charge is 0.406 e. The van der Waals surface area contributed by atoms with Crippen molar-refractivity contribution in [3.8, 4) is 5.75 Å². The van der Waals surface area contributed by atoms with E-state index in [0.717, 1.165) is 12.1 Å². The molecule has 2 aromatic carbocycles. The highest BCUT2D eigenvalue weighted by Crippen LogP contribution is 2.33. The van der Waals surface area contributed by atoms with Crippen LogP contribution in [-0.2, 0) is 11.2 Å². The first-order chi connectivity index (χ1) is 16.5. The lowest BCUT2D eigenvalue weighted by Crippen LogP contribution is -2.52. The number of nitrogens with zero attached hydrogens (tertiary/aromatic N) is 2. The second kappa shape index (κ2) is 8.97. The number of likely N-dealkylation sites (tertiary alicyclic amines) is 1. The fourth-order valence-electron chi connectivity index (χ4n) is 4.45. The minimum Gasteiger partial charge on any atom is -0.406 e. The van der Waals surface area contributed by atoms with Gasteiger partial charge >= 0.3 is 18.4 Å². The number of hydrogen-bond acceptors (Lipinski definition) is 4. The van der Waals surface area contributed by atoms with E-state index in [1.807, 2.05) is 0 Å². The molecule has 4 rings (SSSR count). The fourth-order valence-corrected chi connectivity index (χ4v) is 4.45. The molecule has 3 aromatic rings. The molecule has 8 nitrogen and oxygen atoms in total. The standard InChI is InChI=1S/C24H23F3N4O4/c1-23(20(32)13-15-6-4-7-16(12-15)35-24(25,26)27)10-5-11-31(23)22(34)29-18-14-30(21(28)33)19-9-3-2-8-17(18)19/h2-4,6-9,12,14H,5,10-11,13H2,1H3,(H2,28,33)(H,29,34)/t23-/m0/s1. The van der Waals surface area contributed by atoms with E-state index >= 15 is 0 Å². The maximum absolute atomic E-state index is 13.3. The highest BCUT2D eigenvalue weighted by Gasteiger charge is 2.45. The highest BCUT2D eigenvalue weighted by atomic mass is 19.4. The number of rotatable bonds is 5. The van der Waals surface area contributed by atoms with Gasteiger partial charge < -0.3 is 20.7 Å². The Kier molecular flexibility index (Phi) is 6.18. The lowest BCUT2D eigenvalue weighted by molar-refractivity contribution is -0.274. The molecule has 1 atom stereocenters. The summed E-state index contributed by atoms with van der Waals surface area (Å²) < 4.78 is 42.8. The van der Waals surface area contributed by atoms with Gasteiger partial charge in [0.15, 0.2) is 5.78 Å². The van der Waals surface area contributed by atoms with Crippen LogP contribution in [0.2, 0.25) is 0 Å². The van der Waals surface area contributed by atoms with Gasteiger partial charge in [0.2, 0.25) is 0 Å². The molecule has 35 heavy (non-hydrogen) atoms. The number of para-hydroxylation sites is 1. The summed E-state index contributed by atoms with van der Waals surface area (Å²) in [4.78, 5) is 39.7. The zero-order valence-electron chi connectivity index (χ0n) is 18.8. The number of carbonyl (C=O) groups excluding carboxylic acids is 3. The number of ether oxygens (including phenoxy) is 1. The highest BCUT2D eigenvalue weighted by molar-refractivity contribution is 6.06. The number of ketones is 1. The number of urea groups is 1. The molecule has 3 amide bonds. The fraction of sp³-hybridized carbons (Fsp3) is 0.292. The third-order valence-corrected chi connectivity index (χ3v) is 6.17. The lowest BCUT2D eigenvalue weighted by Gasteiger charge is -2.34. The van der Waals surface area contributed by atoms with Crippen LogP contribution in [0.4, 0.5) is 28.4 Å². The van der Waals surface area contributed by atoms with Crippen molar-refractivity contribution >= 4 is 34.4 Å². The van der Waals surface area contributed by atoms with Crippen molar-refractivity contribution in [3.05, 3.63) is 60.3 Å². The van der Waals surface area contributed by atoms with Crippen molar-refractivity contribution in [2.24, 2.45) is 5.73 Å². The molecule has 0 saturated carbocycles. The van der Waals surface area contributed by atoms with E-state index in [4.69, 9.17) is 5.73 Å². The van der Waals surface area contributed by atoms with Crippen LogP contribution in [0, 0.1) is 0 Å². The molecular formula is C24H23F3N4O4. The van der Waals surface area contributed by atoms with Crippen molar-refractivity contribution in [2.75, 3.05) is 11.9 Å². The van der Waals surface area contributed by atoms with Gasteiger partial charge in [0.05, 0.1) is 11.2 Å². The van der Waals surface area contributed by atoms with Gasteiger partial charge in [-0.25, -0.2) is 9.59 Å². The van der Waals surface area contributed by atoms with E-state index in [0.29, 0.717) is 41.5 Å². The normalized spacial score (nSPS) is 18.0. The van der Waals surface area contributed by atoms with E-state index in [9.17, 15) is 27.6 Å². The first-order valence-electron chi connectivity index (χ1n) is 10.8. The van der Waals surface area contributed by atoms with Crippen LogP contribution in [-0.4, -0.2) is 45.8 Å². The van der Waals surface area contributed by atoms with E-state index in [1.165, 1.54) is 27.8 Å². The molecule has 1 aromatic heterocycles. The minimum atomic E-state index is -4.84. The van der Waals surface area contributed by atoms with E-state index < -0.39 is 29.7 Å². The number of fused-ring (bicyclic) bond motifs is 1. The van der Waals surface area contributed by atoms with E-state index in [1.54, 1.807) is 31.2 Å². The molecule has 3 N–H and O–H groups in total. The molecule has 11 heteroatoms.